The van der Waals surface area contributed by atoms with Crippen LogP contribution in [0.3, 0.4) is 0 Å². The van der Waals surface area contributed by atoms with Gasteiger partial charge in [-0.15, -0.1) is 11.3 Å². The molecule has 0 aliphatic carbocycles. The van der Waals surface area contributed by atoms with Gasteiger partial charge in [0.25, 0.3) is 0 Å². The van der Waals surface area contributed by atoms with Crippen molar-refractivity contribution in [2.45, 2.75) is 24.4 Å². The number of hydrogen-bond acceptors (Lipinski definition) is 4. The molecule has 0 unspecified atom stereocenters. The van der Waals surface area contributed by atoms with Gasteiger partial charge in [-0.25, -0.2) is 0 Å². The number of rotatable bonds is 5. The molecule has 1 aliphatic rings. The Morgan fingerprint density at radius 3 is 2.59 bits per heavy atom. The van der Waals surface area contributed by atoms with Gasteiger partial charge in [-0.2, -0.15) is 0 Å². The molecule has 3 aromatic rings. The summed E-state index contributed by atoms with van der Waals surface area (Å²) < 4.78 is 6.64. The topological polar surface area (TPSA) is 58.6 Å². The second-order valence-electron chi connectivity index (χ2n) is 6.97. The Hall–Kier alpha value is -2.21. The van der Waals surface area contributed by atoms with E-state index in [2.05, 4.69) is 5.32 Å². The first-order chi connectivity index (χ1) is 13.2. The third-order valence-corrected chi connectivity index (χ3v) is 6.41. The van der Waals surface area contributed by atoms with Gasteiger partial charge in [0.05, 0.1) is 11.5 Å². The minimum absolute atomic E-state index is 0.0319. The zero-order valence-electron chi connectivity index (χ0n) is 15.1. The maximum atomic E-state index is 13.2. The van der Waals surface area contributed by atoms with Crippen LogP contribution in [-0.2, 0) is 14.9 Å². The third-order valence-electron chi connectivity index (χ3n) is 5.43. The highest BCUT2D eigenvalue weighted by Crippen LogP contribution is 2.35. The van der Waals surface area contributed by atoms with Crippen LogP contribution < -0.4 is 5.32 Å². The summed E-state index contributed by atoms with van der Waals surface area (Å²) in [5.74, 6) is -0.0319. The van der Waals surface area contributed by atoms with Gasteiger partial charge in [0.1, 0.15) is 0 Å². The minimum Gasteiger partial charge on any atom is -0.387 e. The van der Waals surface area contributed by atoms with Gasteiger partial charge in [-0.1, -0.05) is 48.5 Å². The van der Waals surface area contributed by atoms with Crippen molar-refractivity contribution in [2.24, 2.45) is 0 Å². The molecule has 27 heavy (non-hydrogen) atoms. The van der Waals surface area contributed by atoms with E-state index in [0.29, 0.717) is 26.1 Å². The molecular formula is C22H23NO3S. The number of aliphatic hydroxyl groups is 1. The summed E-state index contributed by atoms with van der Waals surface area (Å²) in [4.78, 5) is 13.2. The summed E-state index contributed by atoms with van der Waals surface area (Å²) in [7, 11) is 0. The van der Waals surface area contributed by atoms with Crippen molar-refractivity contribution in [1.82, 2.24) is 5.32 Å². The molecule has 2 N–H and O–H groups in total. The van der Waals surface area contributed by atoms with Crippen molar-refractivity contribution in [1.29, 1.82) is 0 Å². The zero-order chi connectivity index (χ0) is 18.7. The summed E-state index contributed by atoms with van der Waals surface area (Å²) in [6.07, 6.45) is 0.582. The normalized spacial score (nSPS) is 17.5. The van der Waals surface area contributed by atoms with E-state index in [9.17, 15) is 9.90 Å². The fraction of sp³-hybridized carbons (Fsp3) is 0.318. The van der Waals surface area contributed by atoms with Crippen LogP contribution in [0.5, 0.6) is 0 Å². The number of benzene rings is 2. The third kappa shape index (κ3) is 3.50. The highest BCUT2D eigenvalue weighted by Gasteiger charge is 2.41. The van der Waals surface area contributed by atoms with Crippen LogP contribution in [0.15, 0.2) is 60.0 Å². The molecule has 4 rings (SSSR count). The molecule has 1 amide bonds. The van der Waals surface area contributed by atoms with Gasteiger partial charge in [0.2, 0.25) is 5.91 Å². The number of carbonyl (C=O) groups is 1. The maximum absolute atomic E-state index is 13.2. The highest BCUT2D eigenvalue weighted by molar-refractivity contribution is 7.17. The Kier molecular flexibility index (Phi) is 5.25. The molecule has 1 saturated heterocycles. The molecular weight excluding hydrogens is 358 g/mol. The Morgan fingerprint density at radius 1 is 1.11 bits per heavy atom. The zero-order valence-corrected chi connectivity index (χ0v) is 15.9. The second kappa shape index (κ2) is 7.80. The van der Waals surface area contributed by atoms with Crippen LogP contribution in [0, 0.1) is 0 Å². The second-order valence-corrected chi connectivity index (χ2v) is 7.88. The molecule has 0 radical (unpaired) electrons. The number of fused-ring (bicyclic) bond motifs is 1. The van der Waals surface area contributed by atoms with Gasteiger partial charge in [-0.3, -0.25) is 4.79 Å². The van der Waals surface area contributed by atoms with Crippen molar-refractivity contribution in [2.75, 3.05) is 19.8 Å². The van der Waals surface area contributed by atoms with E-state index in [4.69, 9.17) is 4.74 Å². The van der Waals surface area contributed by atoms with Crippen LogP contribution in [0.4, 0.5) is 0 Å². The molecule has 140 valence electrons. The first kappa shape index (κ1) is 18.2. The van der Waals surface area contributed by atoms with E-state index < -0.39 is 11.5 Å². The SMILES string of the molecule is O=C(NC[C@H](O)c1csc2ccccc12)C1(c2ccccc2)CCOCC1. The van der Waals surface area contributed by atoms with E-state index in [1.165, 1.54) is 0 Å². The van der Waals surface area contributed by atoms with Crippen LogP contribution >= 0.6 is 11.3 Å². The molecule has 2 heterocycles. The summed E-state index contributed by atoms with van der Waals surface area (Å²) in [5, 5.41) is 16.7. The van der Waals surface area contributed by atoms with Gasteiger partial charge in [0, 0.05) is 30.0 Å². The Balaban J connectivity index is 1.51. The first-order valence-corrected chi connectivity index (χ1v) is 10.1. The molecule has 5 heteroatoms. The van der Waals surface area contributed by atoms with Crippen molar-refractivity contribution in [3.63, 3.8) is 0 Å². The number of ether oxygens (including phenoxy) is 1. The van der Waals surface area contributed by atoms with E-state index in [1.54, 1.807) is 11.3 Å². The standard InChI is InChI=1S/C22H23NO3S/c24-19(18-15-27-20-9-5-4-8-17(18)20)14-23-21(25)22(10-12-26-13-11-22)16-6-2-1-3-7-16/h1-9,15,19,24H,10-14H2,(H,23,25)/t19-/m0/s1. The average molecular weight is 381 g/mol. The van der Waals surface area contributed by atoms with E-state index in [-0.39, 0.29) is 12.5 Å². The molecule has 0 saturated carbocycles. The molecule has 1 fully saturated rings. The lowest BCUT2D eigenvalue weighted by Crippen LogP contribution is -2.48. The number of nitrogens with one attached hydrogen (secondary N) is 1. The lowest BCUT2D eigenvalue weighted by molar-refractivity contribution is -0.131. The van der Waals surface area contributed by atoms with E-state index in [1.807, 2.05) is 60.0 Å². The van der Waals surface area contributed by atoms with Crippen LogP contribution in [0.25, 0.3) is 10.1 Å². The summed E-state index contributed by atoms with van der Waals surface area (Å²) in [6.45, 7) is 1.34. The minimum atomic E-state index is -0.724. The van der Waals surface area contributed by atoms with Gasteiger partial charge >= 0.3 is 0 Å². The predicted molar refractivity (Wildman–Crippen MR) is 108 cm³/mol. The maximum Gasteiger partial charge on any atom is 0.230 e. The lowest BCUT2D eigenvalue weighted by Gasteiger charge is -2.36. The van der Waals surface area contributed by atoms with Crippen LogP contribution in [-0.4, -0.2) is 30.8 Å². The largest absolute Gasteiger partial charge is 0.387 e. The first-order valence-electron chi connectivity index (χ1n) is 9.26. The van der Waals surface area contributed by atoms with Crippen LogP contribution in [0.1, 0.15) is 30.1 Å². The summed E-state index contributed by atoms with van der Waals surface area (Å²) in [5.41, 5.74) is 1.30. The van der Waals surface area contributed by atoms with Crippen LogP contribution in [0.2, 0.25) is 0 Å². The fourth-order valence-corrected chi connectivity index (χ4v) is 4.86. The number of thiophene rings is 1. The number of aliphatic hydroxyl groups excluding tert-OH is 1. The summed E-state index contributed by atoms with van der Waals surface area (Å²) in [6, 6.07) is 17.9. The van der Waals surface area contributed by atoms with Gasteiger partial charge < -0.3 is 15.2 Å². The quantitative estimate of drug-likeness (QED) is 0.707. The molecule has 1 aliphatic heterocycles. The smallest absolute Gasteiger partial charge is 0.230 e. The number of hydrogen-bond donors (Lipinski definition) is 2. The summed E-state index contributed by atoms with van der Waals surface area (Å²) >= 11 is 1.61. The van der Waals surface area contributed by atoms with Crippen molar-refractivity contribution in [3.05, 3.63) is 71.1 Å². The lowest BCUT2D eigenvalue weighted by atomic mass is 9.73. The molecule has 4 nitrogen and oxygen atoms in total. The van der Waals surface area contributed by atoms with Gasteiger partial charge in [-0.05, 0) is 35.2 Å². The fourth-order valence-electron chi connectivity index (χ4n) is 3.85. The Morgan fingerprint density at radius 2 is 1.81 bits per heavy atom. The van der Waals surface area contributed by atoms with E-state index >= 15 is 0 Å². The molecule has 1 aromatic heterocycles. The molecule has 1 atom stereocenters. The average Bonchev–Trinajstić information content (AvgIpc) is 3.17. The highest BCUT2D eigenvalue weighted by atomic mass is 32.1. The van der Waals surface area contributed by atoms with Crippen molar-refractivity contribution in [3.8, 4) is 0 Å². The number of amides is 1. The molecule has 0 spiro atoms. The van der Waals surface area contributed by atoms with Crippen molar-refractivity contribution < 1.29 is 14.6 Å². The van der Waals surface area contributed by atoms with Gasteiger partial charge in [0.15, 0.2) is 0 Å². The van der Waals surface area contributed by atoms with E-state index in [0.717, 1.165) is 21.2 Å². The molecule has 2 aromatic carbocycles. The Labute approximate surface area is 162 Å². The monoisotopic (exact) mass is 381 g/mol. The molecule has 0 bridgehead atoms. The Bertz CT molecular complexity index is 915. The number of carbonyl (C=O) groups excluding carboxylic acids is 1. The van der Waals surface area contributed by atoms with Crippen molar-refractivity contribution >= 4 is 27.3 Å². The predicted octanol–water partition coefficient (Wildman–Crippen LogP) is 3.80.